The highest BCUT2D eigenvalue weighted by molar-refractivity contribution is 5.92. The van der Waals surface area contributed by atoms with Gasteiger partial charge in [0.1, 0.15) is 11.4 Å². The van der Waals surface area contributed by atoms with E-state index in [1.807, 2.05) is 37.4 Å². The van der Waals surface area contributed by atoms with Gasteiger partial charge in [-0.05, 0) is 37.1 Å². The normalized spacial score (nSPS) is 12.0. The van der Waals surface area contributed by atoms with Crippen molar-refractivity contribution in [1.82, 2.24) is 15.1 Å². The number of carbonyl (C=O) groups excluding carboxylic acids is 1. The van der Waals surface area contributed by atoms with Crippen molar-refractivity contribution in [1.29, 1.82) is 0 Å². The Kier molecular flexibility index (Phi) is 4.98. The van der Waals surface area contributed by atoms with Gasteiger partial charge < -0.3 is 10.1 Å². The van der Waals surface area contributed by atoms with E-state index in [0.717, 1.165) is 24.3 Å². The monoisotopic (exact) mass is 287 g/mol. The van der Waals surface area contributed by atoms with Crippen LogP contribution in [-0.2, 0) is 6.54 Å². The number of ether oxygens (including phenoxy) is 1. The summed E-state index contributed by atoms with van der Waals surface area (Å²) in [4.78, 5) is 12.2. The molecule has 112 valence electrons. The number of hydrogen-bond donors (Lipinski definition) is 1. The third kappa shape index (κ3) is 3.84. The van der Waals surface area contributed by atoms with Gasteiger partial charge in [0.2, 0.25) is 0 Å². The molecular weight excluding hydrogens is 266 g/mol. The van der Waals surface area contributed by atoms with Crippen molar-refractivity contribution >= 4 is 5.91 Å². The Morgan fingerprint density at radius 1 is 1.33 bits per heavy atom. The van der Waals surface area contributed by atoms with Crippen molar-refractivity contribution in [3.8, 4) is 5.75 Å². The summed E-state index contributed by atoms with van der Waals surface area (Å²) < 4.78 is 6.91. The number of nitrogens with one attached hydrogen (secondary N) is 1. The lowest BCUT2D eigenvalue weighted by molar-refractivity contribution is 0.0934. The number of aryl methyl sites for hydroxylation is 1. The minimum absolute atomic E-state index is 0.0836. The first-order chi connectivity index (χ1) is 10.1. The zero-order chi connectivity index (χ0) is 15.2. The van der Waals surface area contributed by atoms with Crippen LogP contribution in [0.1, 0.15) is 42.4 Å². The van der Waals surface area contributed by atoms with Gasteiger partial charge in [0.25, 0.3) is 5.91 Å². The van der Waals surface area contributed by atoms with E-state index < -0.39 is 0 Å². The summed E-state index contributed by atoms with van der Waals surface area (Å²) in [6.45, 7) is 4.84. The van der Waals surface area contributed by atoms with E-state index in [1.165, 1.54) is 0 Å². The van der Waals surface area contributed by atoms with Crippen LogP contribution in [0.4, 0.5) is 0 Å². The standard InChI is InChI=1S/C16H21N3O2/c1-4-10-19-11-9-15(18-19)16(20)17-12(2)13-5-7-14(21-3)8-6-13/h5-9,11-12H,4,10H2,1-3H3,(H,17,20). The molecular formula is C16H21N3O2. The number of methoxy groups -OCH3 is 1. The minimum atomic E-state index is -0.159. The molecule has 0 aliphatic heterocycles. The Labute approximate surface area is 124 Å². The largest absolute Gasteiger partial charge is 0.497 e. The fraction of sp³-hybridized carbons (Fsp3) is 0.375. The molecule has 0 aliphatic carbocycles. The Balaban J connectivity index is 1.99. The van der Waals surface area contributed by atoms with Crippen LogP contribution in [0.25, 0.3) is 0 Å². The number of benzene rings is 1. The average Bonchev–Trinajstić information content (AvgIpc) is 2.96. The SMILES string of the molecule is CCCn1ccc(C(=O)NC(C)c2ccc(OC)cc2)n1. The summed E-state index contributed by atoms with van der Waals surface area (Å²) in [6, 6.07) is 9.31. The molecule has 0 fully saturated rings. The molecule has 2 aromatic rings. The maximum atomic E-state index is 12.2. The van der Waals surface area contributed by atoms with E-state index in [4.69, 9.17) is 4.74 Å². The Bertz CT molecular complexity index is 590. The third-order valence-corrected chi connectivity index (χ3v) is 3.29. The number of aromatic nitrogens is 2. The molecule has 1 unspecified atom stereocenters. The molecule has 5 heteroatoms. The van der Waals surface area contributed by atoms with Gasteiger partial charge in [-0.15, -0.1) is 0 Å². The van der Waals surface area contributed by atoms with Gasteiger partial charge in [-0.1, -0.05) is 19.1 Å². The number of amides is 1. The molecule has 5 nitrogen and oxygen atoms in total. The molecule has 1 heterocycles. The lowest BCUT2D eigenvalue weighted by atomic mass is 10.1. The van der Waals surface area contributed by atoms with Crippen LogP contribution in [0.5, 0.6) is 5.75 Å². The zero-order valence-electron chi connectivity index (χ0n) is 12.7. The third-order valence-electron chi connectivity index (χ3n) is 3.29. The van der Waals surface area contributed by atoms with E-state index in [0.29, 0.717) is 5.69 Å². The molecule has 2 rings (SSSR count). The quantitative estimate of drug-likeness (QED) is 0.889. The highest BCUT2D eigenvalue weighted by Crippen LogP contribution is 2.17. The molecule has 0 radical (unpaired) electrons. The van der Waals surface area contributed by atoms with Crippen molar-refractivity contribution in [2.24, 2.45) is 0 Å². The molecule has 0 bridgehead atoms. The van der Waals surface area contributed by atoms with Crippen molar-refractivity contribution in [3.05, 3.63) is 47.8 Å². The summed E-state index contributed by atoms with van der Waals surface area (Å²) in [5.74, 6) is 0.642. The minimum Gasteiger partial charge on any atom is -0.497 e. The number of rotatable bonds is 6. The predicted octanol–water partition coefficient (Wildman–Crippen LogP) is 2.79. The Morgan fingerprint density at radius 2 is 2.05 bits per heavy atom. The lowest BCUT2D eigenvalue weighted by Gasteiger charge is -2.13. The first kappa shape index (κ1) is 15.1. The smallest absolute Gasteiger partial charge is 0.272 e. The molecule has 1 aromatic heterocycles. The predicted molar refractivity (Wildman–Crippen MR) is 81.4 cm³/mol. The maximum Gasteiger partial charge on any atom is 0.272 e. The topological polar surface area (TPSA) is 56.2 Å². The van der Waals surface area contributed by atoms with E-state index in [9.17, 15) is 4.79 Å². The molecule has 1 aromatic carbocycles. The highest BCUT2D eigenvalue weighted by Gasteiger charge is 2.13. The van der Waals surface area contributed by atoms with Crippen molar-refractivity contribution in [3.63, 3.8) is 0 Å². The Hall–Kier alpha value is -2.30. The van der Waals surface area contributed by atoms with Crippen LogP contribution in [0, 0.1) is 0 Å². The van der Waals surface area contributed by atoms with Gasteiger partial charge in [-0.3, -0.25) is 9.48 Å². The molecule has 1 atom stereocenters. The first-order valence-electron chi connectivity index (χ1n) is 7.12. The van der Waals surface area contributed by atoms with Crippen LogP contribution < -0.4 is 10.1 Å². The number of nitrogens with zero attached hydrogens (tertiary/aromatic N) is 2. The summed E-state index contributed by atoms with van der Waals surface area (Å²) >= 11 is 0. The summed E-state index contributed by atoms with van der Waals surface area (Å²) in [5.41, 5.74) is 1.47. The summed E-state index contributed by atoms with van der Waals surface area (Å²) in [5, 5.41) is 7.21. The fourth-order valence-corrected chi connectivity index (χ4v) is 2.08. The van der Waals surface area contributed by atoms with Crippen LogP contribution in [0.3, 0.4) is 0 Å². The fourth-order valence-electron chi connectivity index (χ4n) is 2.08. The van der Waals surface area contributed by atoms with E-state index in [-0.39, 0.29) is 11.9 Å². The van der Waals surface area contributed by atoms with Crippen LogP contribution >= 0.6 is 0 Å². The summed E-state index contributed by atoms with van der Waals surface area (Å²) in [6.07, 6.45) is 2.82. The van der Waals surface area contributed by atoms with Gasteiger partial charge in [-0.2, -0.15) is 5.10 Å². The van der Waals surface area contributed by atoms with Crippen LogP contribution in [-0.4, -0.2) is 22.8 Å². The second-order valence-electron chi connectivity index (χ2n) is 4.93. The van der Waals surface area contributed by atoms with Crippen LogP contribution in [0.2, 0.25) is 0 Å². The molecule has 21 heavy (non-hydrogen) atoms. The zero-order valence-corrected chi connectivity index (χ0v) is 12.7. The van der Waals surface area contributed by atoms with Gasteiger partial charge in [-0.25, -0.2) is 0 Å². The van der Waals surface area contributed by atoms with Crippen molar-refractivity contribution < 1.29 is 9.53 Å². The highest BCUT2D eigenvalue weighted by atomic mass is 16.5. The van der Waals surface area contributed by atoms with E-state index in [2.05, 4.69) is 17.3 Å². The molecule has 1 N–H and O–H groups in total. The van der Waals surface area contributed by atoms with Gasteiger partial charge >= 0.3 is 0 Å². The van der Waals surface area contributed by atoms with E-state index in [1.54, 1.807) is 17.9 Å². The van der Waals surface area contributed by atoms with Gasteiger partial charge in [0.05, 0.1) is 13.2 Å². The average molecular weight is 287 g/mol. The molecule has 0 saturated carbocycles. The first-order valence-corrected chi connectivity index (χ1v) is 7.12. The molecule has 0 spiro atoms. The Morgan fingerprint density at radius 3 is 2.67 bits per heavy atom. The maximum absolute atomic E-state index is 12.2. The number of hydrogen-bond acceptors (Lipinski definition) is 3. The second kappa shape index (κ2) is 6.92. The summed E-state index contributed by atoms with van der Waals surface area (Å²) in [7, 11) is 1.63. The van der Waals surface area contributed by atoms with Gasteiger partial charge in [0.15, 0.2) is 0 Å². The number of carbonyl (C=O) groups is 1. The molecule has 1 amide bonds. The van der Waals surface area contributed by atoms with Crippen molar-refractivity contribution in [2.75, 3.05) is 7.11 Å². The second-order valence-corrected chi connectivity index (χ2v) is 4.93. The van der Waals surface area contributed by atoms with E-state index >= 15 is 0 Å². The van der Waals surface area contributed by atoms with Crippen LogP contribution in [0.15, 0.2) is 36.5 Å². The van der Waals surface area contributed by atoms with Gasteiger partial charge in [0, 0.05) is 12.7 Å². The van der Waals surface area contributed by atoms with Crippen molar-refractivity contribution in [2.45, 2.75) is 32.9 Å². The molecule has 0 aliphatic rings. The lowest BCUT2D eigenvalue weighted by Crippen LogP contribution is -2.27. The molecule has 0 saturated heterocycles.